The maximum absolute atomic E-state index is 11.4. The van der Waals surface area contributed by atoms with Crippen LogP contribution < -0.4 is 10.5 Å². The molecule has 0 aromatic heterocycles. The zero-order valence-corrected chi connectivity index (χ0v) is 10.3. The average Bonchev–Trinajstić information content (AvgIpc) is 2.00. The number of hydrogen-bond acceptors (Lipinski definition) is 3. The van der Waals surface area contributed by atoms with E-state index >= 15 is 0 Å². The van der Waals surface area contributed by atoms with Crippen LogP contribution >= 0.6 is 0 Å². The SMILES string of the molecule is CC(C)C[C@@H](C)C(=O)NCCS(N)(=O)=O. The van der Waals surface area contributed by atoms with E-state index in [1.807, 2.05) is 20.8 Å². The number of rotatable bonds is 6. The molecule has 0 saturated carbocycles. The Morgan fingerprint density at radius 3 is 2.27 bits per heavy atom. The van der Waals surface area contributed by atoms with Crippen LogP contribution in [-0.2, 0) is 14.8 Å². The van der Waals surface area contributed by atoms with E-state index in [0.717, 1.165) is 6.42 Å². The van der Waals surface area contributed by atoms with E-state index < -0.39 is 10.0 Å². The molecule has 0 radical (unpaired) electrons. The van der Waals surface area contributed by atoms with Crippen LogP contribution in [0.15, 0.2) is 0 Å². The highest BCUT2D eigenvalue weighted by Gasteiger charge is 2.14. The Labute approximate surface area is 91.5 Å². The number of carbonyl (C=O) groups is 1. The summed E-state index contributed by atoms with van der Waals surface area (Å²) in [6.45, 7) is 5.98. The van der Waals surface area contributed by atoms with Gasteiger partial charge in [-0.05, 0) is 12.3 Å². The predicted molar refractivity (Wildman–Crippen MR) is 59.6 cm³/mol. The third-order valence-corrected chi connectivity index (χ3v) is 2.73. The highest BCUT2D eigenvalue weighted by molar-refractivity contribution is 7.89. The molecule has 0 spiro atoms. The highest BCUT2D eigenvalue weighted by atomic mass is 32.2. The maximum atomic E-state index is 11.4. The van der Waals surface area contributed by atoms with Crippen LogP contribution in [0.25, 0.3) is 0 Å². The van der Waals surface area contributed by atoms with E-state index in [-0.39, 0.29) is 24.1 Å². The monoisotopic (exact) mass is 236 g/mol. The lowest BCUT2D eigenvalue weighted by molar-refractivity contribution is -0.124. The second kappa shape index (κ2) is 6.07. The normalized spacial score (nSPS) is 13.9. The van der Waals surface area contributed by atoms with Gasteiger partial charge >= 0.3 is 0 Å². The summed E-state index contributed by atoms with van der Waals surface area (Å²) >= 11 is 0. The molecule has 0 heterocycles. The number of amides is 1. The highest BCUT2D eigenvalue weighted by Crippen LogP contribution is 2.10. The minimum absolute atomic E-state index is 0.0834. The number of primary sulfonamides is 1. The van der Waals surface area contributed by atoms with Crippen LogP contribution in [0.2, 0.25) is 0 Å². The molecule has 90 valence electrons. The van der Waals surface area contributed by atoms with Crippen molar-refractivity contribution < 1.29 is 13.2 Å². The molecule has 15 heavy (non-hydrogen) atoms. The van der Waals surface area contributed by atoms with Gasteiger partial charge in [0.1, 0.15) is 0 Å². The molecule has 0 aliphatic carbocycles. The fraction of sp³-hybridized carbons (Fsp3) is 0.889. The summed E-state index contributed by atoms with van der Waals surface area (Å²) in [4.78, 5) is 11.4. The molecule has 0 bridgehead atoms. The van der Waals surface area contributed by atoms with Crippen molar-refractivity contribution in [3.8, 4) is 0 Å². The van der Waals surface area contributed by atoms with Gasteiger partial charge in [0.15, 0.2) is 0 Å². The Morgan fingerprint density at radius 1 is 1.33 bits per heavy atom. The van der Waals surface area contributed by atoms with E-state index in [4.69, 9.17) is 5.14 Å². The van der Waals surface area contributed by atoms with Gasteiger partial charge in [-0.1, -0.05) is 20.8 Å². The summed E-state index contributed by atoms with van der Waals surface area (Å²) in [6, 6.07) is 0. The topological polar surface area (TPSA) is 89.3 Å². The fourth-order valence-electron chi connectivity index (χ4n) is 1.30. The van der Waals surface area contributed by atoms with Crippen molar-refractivity contribution in [2.24, 2.45) is 17.0 Å². The zero-order chi connectivity index (χ0) is 12.1. The largest absolute Gasteiger partial charge is 0.355 e. The number of nitrogens with one attached hydrogen (secondary N) is 1. The Kier molecular flexibility index (Phi) is 5.82. The molecular weight excluding hydrogens is 216 g/mol. The average molecular weight is 236 g/mol. The molecule has 0 fully saturated rings. The number of hydrogen-bond donors (Lipinski definition) is 2. The smallest absolute Gasteiger partial charge is 0.222 e. The van der Waals surface area contributed by atoms with Gasteiger partial charge in [-0.15, -0.1) is 0 Å². The van der Waals surface area contributed by atoms with E-state index in [2.05, 4.69) is 5.32 Å². The Balaban J connectivity index is 3.84. The van der Waals surface area contributed by atoms with Gasteiger partial charge in [-0.25, -0.2) is 13.6 Å². The molecule has 5 nitrogen and oxygen atoms in total. The first-order valence-corrected chi connectivity index (χ1v) is 6.72. The Bertz CT molecular complexity index is 298. The molecule has 0 unspecified atom stereocenters. The Hall–Kier alpha value is -0.620. The second-order valence-electron chi connectivity index (χ2n) is 4.19. The van der Waals surface area contributed by atoms with Gasteiger partial charge in [0.2, 0.25) is 15.9 Å². The van der Waals surface area contributed by atoms with Gasteiger partial charge in [-0.3, -0.25) is 4.79 Å². The van der Waals surface area contributed by atoms with Gasteiger partial charge in [-0.2, -0.15) is 0 Å². The molecule has 1 amide bonds. The molecule has 0 aromatic rings. The van der Waals surface area contributed by atoms with Crippen LogP contribution in [0.5, 0.6) is 0 Å². The summed E-state index contributed by atoms with van der Waals surface area (Å²) in [7, 11) is -3.48. The van der Waals surface area contributed by atoms with Crippen molar-refractivity contribution in [3.05, 3.63) is 0 Å². The third kappa shape index (κ3) is 8.38. The summed E-state index contributed by atoms with van der Waals surface area (Å²) in [5.41, 5.74) is 0. The van der Waals surface area contributed by atoms with Crippen molar-refractivity contribution in [1.82, 2.24) is 5.32 Å². The first kappa shape index (κ1) is 14.4. The van der Waals surface area contributed by atoms with E-state index in [1.54, 1.807) is 0 Å². The van der Waals surface area contributed by atoms with Gasteiger partial charge in [0, 0.05) is 12.5 Å². The number of sulfonamides is 1. The summed E-state index contributed by atoms with van der Waals surface area (Å²) < 4.78 is 21.2. The van der Waals surface area contributed by atoms with Crippen LogP contribution in [0.4, 0.5) is 0 Å². The summed E-state index contributed by atoms with van der Waals surface area (Å²) in [5, 5.41) is 7.35. The van der Waals surface area contributed by atoms with Crippen molar-refractivity contribution in [3.63, 3.8) is 0 Å². The van der Waals surface area contributed by atoms with Crippen LogP contribution in [0, 0.1) is 11.8 Å². The van der Waals surface area contributed by atoms with Crippen molar-refractivity contribution in [2.45, 2.75) is 27.2 Å². The standard InChI is InChI=1S/C9H20N2O3S/c1-7(2)6-8(3)9(12)11-4-5-15(10,13)14/h7-8H,4-6H2,1-3H3,(H,11,12)(H2,10,13,14)/t8-/m1/s1. The molecule has 0 saturated heterocycles. The van der Waals surface area contributed by atoms with E-state index in [9.17, 15) is 13.2 Å². The lowest BCUT2D eigenvalue weighted by Gasteiger charge is -2.13. The van der Waals surface area contributed by atoms with Crippen molar-refractivity contribution >= 4 is 15.9 Å². The van der Waals surface area contributed by atoms with Crippen molar-refractivity contribution in [1.29, 1.82) is 0 Å². The van der Waals surface area contributed by atoms with Gasteiger partial charge < -0.3 is 5.32 Å². The van der Waals surface area contributed by atoms with E-state index in [0.29, 0.717) is 5.92 Å². The van der Waals surface area contributed by atoms with Crippen LogP contribution in [-0.4, -0.2) is 26.6 Å². The molecule has 3 N–H and O–H groups in total. The van der Waals surface area contributed by atoms with Gasteiger partial charge in [0.25, 0.3) is 0 Å². The molecular formula is C9H20N2O3S. The number of nitrogens with two attached hydrogens (primary N) is 1. The predicted octanol–water partition coefficient (Wildman–Crippen LogP) is 0.0733. The minimum Gasteiger partial charge on any atom is -0.355 e. The molecule has 0 aliphatic heterocycles. The van der Waals surface area contributed by atoms with Crippen LogP contribution in [0.1, 0.15) is 27.2 Å². The molecule has 1 atom stereocenters. The molecule has 0 aromatic carbocycles. The summed E-state index contributed by atoms with van der Waals surface area (Å²) in [6.07, 6.45) is 0.793. The maximum Gasteiger partial charge on any atom is 0.222 e. The lowest BCUT2D eigenvalue weighted by Crippen LogP contribution is -2.35. The summed E-state index contributed by atoms with van der Waals surface area (Å²) in [5.74, 6) is 0.0227. The molecule has 0 rings (SSSR count). The molecule has 0 aliphatic rings. The minimum atomic E-state index is -3.48. The molecule has 6 heteroatoms. The second-order valence-corrected chi connectivity index (χ2v) is 5.92. The zero-order valence-electron chi connectivity index (χ0n) is 9.49. The van der Waals surface area contributed by atoms with Gasteiger partial charge in [0.05, 0.1) is 5.75 Å². The lowest BCUT2D eigenvalue weighted by atomic mass is 9.98. The fourth-order valence-corrected chi connectivity index (χ4v) is 1.69. The quantitative estimate of drug-likeness (QED) is 0.684. The third-order valence-electron chi connectivity index (χ3n) is 1.96. The van der Waals surface area contributed by atoms with Crippen molar-refractivity contribution in [2.75, 3.05) is 12.3 Å². The van der Waals surface area contributed by atoms with Crippen LogP contribution in [0.3, 0.4) is 0 Å². The van der Waals surface area contributed by atoms with E-state index in [1.165, 1.54) is 0 Å². The first-order chi connectivity index (χ1) is 6.72. The Morgan fingerprint density at radius 2 is 1.87 bits per heavy atom. The number of carbonyl (C=O) groups excluding carboxylic acids is 1. The first-order valence-electron chi connectivity index (χ1n) is 5.00.